The van der Waals surface area contributed by atoms with Crippen molar-refractivity contribution in [2.75, 3.05) is 13.7 Å². The summed E-state index contributed by atoms with van der Waals surface area (Å²) in [7, 11) is 1.52. The van der Waals surface area contributed by atoms with Crippen LogP contribution in [-0.2, 0) is 11.3 Å². The van der Waals surface area contributed by atoms with Crippen molar-refractivity contribution < 1.29 is 23.5 Å². The molecule has 1 heterocycles. The van der Waals surface area contributed by atoms with Gasteiger partial charge in [-0.25, -0.2) is 9.18 Å². The van der Waals surface area contributed by atoms with Gasteiger partial charge in [0.1, 0.15) is 11.5 Å². The van der Waals surface area contributed by atoms with Crippen molar-refractivity contribution in [2.24, 2.45) is 0 Å². The van der Waals surface area contributed by atoms with Crippen LogP contribution in [0, 0.1) is 5.82 Å². The number of carbonyl (C=O) groups excluding carboxylic acids is 2. The van der Waals surface area contributed by atoms with Crippen molar-refractivity contribution in [3.8, 4) is 11.5 Å². The van der Waals surface area contributed by atoms with Crippen molar-refractivity contribution in [3.63, 3.8) is 0 Å². The first-order valence-corrected chi connectivity index (χ1v) is 9.31. The Morgan fingerprint density at radius 3 is 2.57 bits per heavy atom. The number of nitrogens with zero attached hydrogens (tertiary/aromatic N) is 1. The Balaban J connectivity index is 1.85. The van der Waals surface area contributed by atoms with Gasteiger partial charge >= 0.3 is 6.03 Å². The van der Waals surface area contributed by atoms with Crippen LogP contribution in [-0.4, -0.2) is 30.6 Å². The number of methoxy groups -OCH3 is 1. The number of hydrogen-bond donors (Lipinski definition) is 1. The molecule has 28 heavy (non-hydrogen) atoms. The second kappa shape index (κ2) is 8.43. The smallest absolute Gasteiger partial charge is 0.329 e. The molecule has 0 bridgehead atoms. The largest absolute Gasteiger partial charge is 0.493 e. The number of rotatable bonds is 6. The molecule has 1 aliphatic heterocycles. The Morgan fingerprint density at radius 1 is 1.21 bits per heavy atom. The minimum atomic E-state index is -0.530. The van der Waals surface area contributed by atoms with Gasteiger partial charge in [0.25, 0.3) is 5.91 Å². The van der Waals surface area contributed by atoms with E-state index < -0.39 is 11.9 Å². The second-order valence-corrected chi connectivity index (χ2v) is 6.83. The van der Waals surface area contributed by atoms with E-state index in [0.29, 0.717) is 33.7 Å². The molecular weight excluding hydrogens is 431 g/mol. The van der Waals surface area contributed by atoms with Crippen molar-refractivity contribution in [3.05, 3.63) is 63.5 Å². The van der Waals surface area contributed by atoms with Crippen LogP contribution in [0.25, 0.3) is 6.08 Å². The third kappa shape index (κ3) is 4.17. The summed E-state index contributed by atoms with van der Waals surface area (Å²) in [5, 5.41) is 2.57. The number of benzene rings is 2. The molecule has 0 unspecified atom stereocenters. The third-order valence-electron chi connectivity index (χ3n) is 4.07. The number of carbonyl (C=O) groups is 2. The summed E-state index contributed by atoms with van der Waals surface area (Å²) in [6, 6.07) is 8.59. The molecule has 1 saturated heterocycles. The molecule has 1 aliphatic rings. The molecule has 2 aromatic carbocycles. The van der Waals surface area contributed by atoms with E-state index in [0.717, 1.165) is 4.90 Å². The van der Waals surface area contributed by atoms with Gasteiger partial charge in [-0.1, -0.05) is 12.1 Å². The van der Waals surface area contributed by atoms with Crippen LogP contribution in [0.1, 0.15) is 18.1 Å². The van der Waals surface area contributed by atoms with Crippen LogP contribution in [0.15, 0.2) is 46.6 Å². The summed E-state index contributed by atoms with van der Waals surface area (Å²) >= 11 is 3.43. The molecule has 0 saturated carbocycles. The SMILES string of the molecule is CCOc1c(Br)cc(/C=C2/NC(=O)N(Cc3ccc(F)cc3)C2=O)cc1OC. The standard InChI is InChI=1S/C20H18BrFN2O4/c1-3-28-18-15(21)8-13(10-17(18)27-2)9-16-19(25)24(20(26)23-16)11-12-4-6-14(22)7-5-12/h4-10H,3,11H2,1-2H3,(H,23,26)/b16-9+. The highest BCUT2D eigenvalue weighted by atomic mass is 79.9. The summed E-state index contributed by atoms with van der Waals surface area (Å²) < 4.78 is 24.6. The summed E-state index contributed by atoms with van der Waals surface area (Å²) in [6.45, 7) is 2.39. The van der Waals surface area contributed by atoms with Gasteiger partial charge in [0.05, 0.1) is 24.7 Å². The maximum absolute atomic E-state index is 13.0. The quantitative estimate of drug-likeness (QED) is 0.533. The number of hydrogen-bond acceptors (Lipinski definition) is 4. The van der Waals surface area contributed by atoms with Gasteiger partial charge in [-0.05, 0) is 64.3 Å². The van der Waals surface area contributed by atoms with E-state index >= 15 is 0 Å². The second-order valence-electron chi connectivity index (χ2n) is 5.97. The number of imide groups is 1. The first kappa shape index (κ1) is 19.9. The average molecular weight is 449 g/mol. The van der Waals surface area contributed by atoms with Gasteiger partial charge < -0.3 is 14.8 Å². The van der Waals surface area contributed by atoms with Crippen LogP contribution in [0.3, 0.4) is 0 Å². The van der Waals surface area contributed by atoms with Crippen molar-refractivity contribution in [2.45, 2.75) is 13.5 Å². The van der Waals surface area contributed by atoms with E-state index in [9.17, 15) is 14.0 Å². The van der Waals surface area contributed by atoms with E-state index in [2.05, 4.69) is 21.2 Å². The summed E-state index contributed by atoms with van der Waals surface area (Å²) in [4.78, 5) is 25.9. The number of nitrogens with one attached hydrogen (secondary N) is 1. The topological polar surface area (TPSA) is 67.9 Å². The predicted molar refractivity (Wildman–Crippen MR) is 105 cm³/mol. The molecule has 3 rings (SSSR count). The van der Waals surface area contributed by atoms with Gasteiger partial charge in [-0.2, -0.15) is 0 Å². The lowest BCUT2D eigenvalue weighted by atomic mass is 10.1. The van der Waals surface area contributed by atoms with Crippen molar-refractivity contribution >= 4 is 33.9 Å². The Morgan fingerprint density at radius 2 is 1.93 bits per heavy atom. The molecule has 0 atom stereocenters. The molecular formula is C20H18BrFN2O4. The molecule has 8 heteroatoms. The molecule has 0 spiro atoms. The van der Waals surface area contributed by atoms with Gasteiger partial charge in [-0.15, -0.1) is 0 Å². The fourth-order valence-corrected chi connectivity index (χ4v) is 3.34. The van der Waals surface area contributed by atoms with E-state index in [1.54, 1.807) is 18.2 Å². The lowest BCUT2D eigenvalue weighted by Gasteiger charge is -2.12. The highest BCUT2D eigenvalue weighted by Gasteiger charge is 2.33. The first-order chi connectivity index (χ1) is 13.4. The zero-order valence-corrected chi connectivity index (χ0v) is 16.9. The molecule has 3 amide bonds. The average Bonchev–Trinajstić information content (AvgIpc) is 2.92. The summed E-state index contributed by atoms with van der Waals surface area (Å²) in [6.07, 6.45) is 1.56. The van der Waals surface area contributed by atoms with Gasteiger partial charge in [0.15, 0.2) is 11.5 Å². The van der Waals surface area contributed by atoms with E-state index in [-0.39, 0.29) is 18.1 Å². The summed E-state index contributed by atoms with van der Waals surface area (Å²) in [5.74, 6) is 0.227. The Kier molecular flexibility index (Phi) is 5.99. The normalized spacial score (nSPS) is 15.1. The highest BCUT2D eigenvalue weighted by Crippen LogP contribution is 2.37. The number of amides is 3. The molecule has 2 aromatic rings. The van der Waals surface area contributed by atoms with E-state index in [1.165, 1.54) is 31.4 Å². The Hall–Kier alpha value is -2.87. The third-order valence-corrected chi connectivity index (χ3v) is 4.66. The van der Waals surface area contributed by atoms with Gasteiger partial charge in [0.2, 0.25) is 0 Å². The summed E-state index contributed by atoms with van der Waals surface area (Å²) in [5.41, 5.74) is 1.45. The Labute approximate surface area is 170 Å². The van der Waals surface area contributed by atoms with Crippen LogP contribution >= 0.6 is 15.9 Å². The van der Waals surface area contributed by atoms with Crippen LogP contribution in [0.2, 0.25) is 0 Å². The maximum atomic E-state index is 13.0. The maximum Gasteiger partial charge on any atom is 0.329 e. The number of urea groups is 1. The first-order valence-electron chi connectivity index (χ1n) is 8.52. The predicted octanol–water partition coefficient (Wildman–Crippen LogP) is 4.09. The molecule has 0 aromatic heterocycles. The molecule has 146 valence electrons. The van der Waals surface area contributed by atoms with E-state index in [1.807, 2.05) is 6.92 Å². The molecule has 6 nitrogen and oxygen atoms in total. The van der Waals surface area contributed by atoms with Gasteiger partial charge in [0, 0.05) is 0 Å². The number of ether oxygens (including phenoxy) is 2. The van der Waals surface area contributed by atoms with Gasteiger partial charge in [-0.3, -0.25) is 9.69 Å². The van der Waals surface area contributed by atoms with Crippen LogP contribution < -0.4 is 14.8 Å². The monoisotopic (exact) mass is 448 g/mol. The van der Waals surface area contributed by atoms with Crippen LogP contribution in [0.5, 0.6) is 11.5 Å². The Bertz CT molecular complexity index is 944. The molecule has 1 fully saturated rings. The fraction of sp³-hybridized carbons (Fsp3) is 0.200. The zero-order valence-electron chi connectivity index (χ0n) is 15.3. The highest BCUT2D eigenvalue weighted by molar-refractivity contribution is 9.10. The van der Waals surface area contributed by atoms with Crippen molar-refractivity contribution in [1.29, 1.82) is 0 Å². The zero-order chi connectivity index (χ0) is 20.3. The molecule has 1 N–H and O–H groups in total. The van der Waals surface area contributed by atoms with E-state index in [4.69, 9.17) is 9.47 Å². The van der Waals surface area contributed by atoms with Crippen molar-refractivity contribution in [1.82, 2.24) is 10.2 Å². The molecule has 0 radical (unpaired) electrons. The minimum Gasteiger partial charge on any atom is -0.493 e. The lowest BCUT2D eigenvalue weighted by molar-refractivity contribution is -0.123. The number of halogens is 2. The lowest BCUT2D eigenvalue weighted by Crippen LogP contribution is -2.30. The fourth-order valence-electron chi connectivity index (χ4n) is 2.76. The minimum absolute atomic E-state index is 0.0541. The van der Waals surface area contributed by atoms with Crippen LogP contribution in [0.4, 0.5) is 9.18 Å². The molecule has 0 aliphatic carbocycles.